The molecule has 0 amide bonds. The normalized spacial score (nSPS) is 14.9. The van der Waals surface area contributed by atoms with E-state index in [0.717, 1.165) is 20.8 Å². The van der Waals surface area contributed by atoms with Crippen LogP contribution in [0, 0.1) is 0 Å². The number of hydrogen-bond acceptors (Lipinski definition) is 3. The quantitative estimate of drug-likeness (QED) is 0.808. The molecule has 1 aliphatic heterocycles. The maximum Gasteiger partial charge on any atom is 0.264 e. The summed E-state index contributed by atoms with van der Waals surface area (Å²) in [6.07, 6.45) is 0. The van der Waals surface area contributed by atoms with Gasteiger partial charge in [-0.3, -0.25) is 4.31 Å². The number of para-hydroxylation sites is 1. The first-order chi connectivity index (χ1) is 9.59. The second-order valence-electron chi connectivity index (χ2n) is 4.35. The fraction of sp³-hybridized carbons (Fsp3) is 0.143. The Morgan fingerprint density at radius 2 is 1.90 bits per heavy atom. The Hall–Kier alpha value is -0.980. The van der Waals surface area contributed by atoms with Gasteiger partial charge in [-0.25, -0.2) is 8.42 Å². The predicted molar refractivity (Wildman–Crippen MR) is 85.8 cm³/mol. The molecule has 0 aliphatic carbocycles. The van der Waals surface area contributed by atoms with E-state index < -0.39 is 10.0 Å². The molecule has 0 fully saturated rings. The van der Waals surface area contributed by atoms with Crippen molar-refractivity contribution in [3.05, 3.63) is 53.0 Å². The molecule has 20 heavy (non-hydrogen) atoms. The van der Waals surface area contributed by atoms with Crippen molar-refractivity contribution in [2.24, 2.45) is 0 Å². The van der Waals surface area contributed by atoms with E-state index in [4.69, 9.17) is 0 Å². The van der Waals surface area contributed by atoms with Crippen molar-refractivity contribution in [1.82, 2.24) is 0 Å². The third-order valence-corrected chi connectivity index (χ3v) is 6.42. The highest BCUT2D eigenvalue weighted by Gasteiger charge is 2.29. The van der Waals surface area contributed by atoms with Gasteiger partial charge in [-0.15, -0.1) is 11.8 Å². The fourth-order valence-electron chi connectivity index (χ4n) is 2.15. The number of rotatable bonds is 2. The first-order valence-corrected chi connectivity index (χ1v) is 9.31. The number of fused-ring (bicyclic) bond motifs is 1. The third-order valence-electron chi connectivity index (χ3n) is 3.07. The number of sulfonamides is 1. The van der Waals surface area contributed by atoms with Crippen LogP contribution in [0.3, 0.4) is 0 Å². The van der Waals surface area contributed by atoms with Gasteiger partial charge in [0, 0.05) is 21.7 Å². The monoisotopic (exact) mass is 369 g/mol. The second kappa shape index (κ2) is 5.42. The molecule has 3 rings (SSSR count). The van der Waals surface area contributed by atoms with Crippen LogP contribution in [-0.4, -0.2) is 20.7 Å². The average Bonchev–Trinajstić information content (AvgIpc) is 2.46. The summed E-state index contributed by atoms with van der Waals surface area (Å²) in [5.74, 6) is 0.768. The number of thioether (sulfide) groups is 1. The Kier molecular flexibility index (Phi) is 3.79. The van der Waals surface area contributed by atoms with Gasteiger partial charge in [0.25, 0.3) is 10.0 Å². The van der Waals surface area contributed by atoms with Gasteiger partial charge in [0.15, 0.2) is 0 Å². The molecule has 0 saturated carbocycles. The van der Waals surface area contributed by atoms with E-state index in [1.165, 1.54) is 4.31 Å². The Labute approximate surface area is 131 Å². The molecule has 0 radical (unpaired) electrons. The molecule has 6 heteroatoms. The molecular weight excluding hydrogens is 358 g/mol. The van der Waals surface area contributed by atoms with Crippen LogP contribution >= 0.6 is 27.7 Å². The number of benzene rings is 2. The molecule has 0 unspecified atom stereocenters. The molecule has 1 heterocycles. The van der Waals surface area contributed by atoms with Gasteiger partial charge in [-0.05, 0) is 30.3 Å². The smallest absolute Gasteiger partial charge is 0.264 e. The van der Waals surface area contributed by atoms with Crippen LogP contribution < -0.4 is 4.31 Å². The maximum absolute atomic E-state index is 12.8. The summed E-state index contributed by atoms with van der Waals surface area (Å²) in [5, 5.41) is 0. The Bertz CT molecular complexity index is 746. The van der Waals surface area contributed by atoms with Crippen LogP contribution in [0.15, 0.2) is 62.8 Å². The lowest BCUT2D eigenvalue weighted by Crippen LogP contribution is -2.35. The molecule has 3 nitrogen and oxygen atoms in total. The van der Waals surface area contributed by atoms with Crippen molar-refractivity contribution in [2.75, 3.05) is 16.6 Å². The zero-order chi connectivity index (χ0) is 14.2. The van der Waals surface area contributed by atoms with Crippen LogP contribution in [0.5, 0.6) is 0 Å². The number of anilines is 1. The Balaban J connectivity index is 2.10. The van der Waals surface area contributed by atoms with Gasteiger partial charge in [-0.2, -0.15) is 0 Å². The van der Waals surface area contributed by atoms with Crippen molar-refractivity contribution in [3.8, 4) is 0 Å². The van der Waals surface area contributed by atoms with E-state index in [9.17, 15) is 8.42 Å². The van der Waals surface area contributed by atoms with E-state index in [0.29, 0.717) is 11.4 Å². The molecule has 104 valence electrons. The van der Waals surface area contributed by atoms with Gasteiger partial charge in [0.05, 0.1) is 10.6 Å². The topological polar surface area (TPSA) is 37.4 Å². The van der Waals surface area contributed by atoms with Crippen LogP contribution in [-0.2, 0) is 10.0 Å². The lowest BCUT2D eigenvalue weighted by Gasteiger charge is -2.30. The van der Waals surface area contributed by atoms with E-state index in [1.807, 2.05) is 30.3 Å². The molecule has 0 saturated heterocycles. The summed E-state index contributed by atoms with van der Waals surface area (Å²) in [6, 6.07) is 14.4. The first kappa shape index (κ1) is 14.0. The molecule has 0 spiro atoms. The average molecular weight is 370 g/mol. The lowest BCUT2D eigenvalue weighted by atomic mass is 10.3. The fourth-order valence-corrected chi connectivity index (χ4v) is 5.40. The zero-order valence-corrected chi connectivity index (χ0v) is 13.7. The molecule has 2 aromatic carbocycles. The maximum atomic E-state index is 12.8. The molecule has 1 aliphatic rings. The number of nitrogens with zero attached hydrogens (tertiary/aromatic N) is 1. The SMILES string of the molecule is O=S(=O)(c1cccc(Br)c1)N1CCSc2ccccc21. The van der Waals surface area contributed by atoms with E-state index in [-0.39, 0.29) is 0 Å². The Morgan fingerprint density at radius 3 is 2.70 bits per heavy atom. The summed E-state index contributed by atoms with van der Waals surface area (Å²) in [5.41, 5.74) is 0.767. The highest BCUT2D eigenvalue weighted by Crippen LogP contribution is 2.37. The van der Waals surface area contributed by atoms with Crippen molar-refractivity contribution in [2.45, 2.75) is 9.79 Å². The van der Waals surface area contributed by atoms with Crippen LogP contribution in [0.25, 0.3) is 0 Å². The highest BCUT2D eigenvalue weighted by atomic mass is 79.9. The van der Waals surface area contributed by atoms with Crippen LogP contribution in [0.1, 0.15) is 0 Å². The van der Waals surface area contributed by atoms with E-state index in [1.54, 1.807) is 30.0 Å². The van der Waals surface area contributed by atoms with E-state index in [2.05, 4.69) is 15.9 Å². The van der Waals surface area contributed by atoms with Crippen LogP contribution in [0.2, 0.25) is 0 Å². The first-order valence-electron chi connectivity index (χ1n) is 6.09. The minimum atomic E-state index is -3.51. The minimum absolute atomic E-state index is 0.313. The Morgan fingerprint density at radius 1 is 1.10 bits per heavy atom. The standard InChI is InChI=1S/C14H12BrNO2S2/c15-11-4-3-5-12(10-11)20(17,18)16-8-9-19-14-7-2-1-6-13(14)16/h1-7,10H,8-9H2. The molecule has 0 atom stereocenters. The highest BCUT2D eigenvalue weighted by molar-refractivity contribution is 9.10. The van der Waals surface area contributed by atoms with Gasteiger partial charge in [-0.1, -0.05) is 34.1 Å². The second-order valence-corrected chi connectivity index (χ2v) is 8.27. The predicted octanol–water partition coefficient (Wildman–Crippen LogP) is 3.75. The molecular formula is C14H12BrNO2S2. The van der Waals surface area contributed by atoms with Crippen molar-refractivity contribution in [1.29, 1.82) is 0 Å². The van der Waals surface area contributed by atoms with Gasteiger partial charge >= 0.3 is 0 Å². The largest absolute Gasteiger partial charge is 0.264 e. The summed E-state index contributed by atoms with van der Waals surface area (Å²) in [6.45, 7) is 0.497. The lowest BCUT2D eigenvalue weighted by molar-refractivity contribution is 0.591. The van der Waals surface area contributed by atoms with Gasteiger partial charge < -0.3 is 0 Å². The minimum Gasteiger partial charge on any atom is -0.264 e. The molecule has 0 aromatic heterocycles. The summed E-state index contributed by atoms with van der Waals surface area (Å²) in [7, 11) is -3.51. The summed E-state index contributed by atoms with van der Waals surface area (Å²) < 4.78 is 27.9. The van der Waals surface area contributed by atoms with Crippen molar-refractivity contribution >= 4 is 43.4 Å². The number of halogens is 1. The van der Waals surface area contributed by atoms with Gasteiger partial charge in [0.2, 0.25) is 0 Å². The molecule has 0 bridgehead atoms. The summed E-state index contributed by atoms with van der Waals surface area (Å²) in [4.78, 5) is 1.32. The molecule has 2 aromatic rings. The van der Waals surface area contributed by atoms with Gasteiger partial charge in [0.1, 0.15) is 0 Å². The zero-order valence-electron chi connectivity index (χ0n) is 10.5. The van der Waals surface area contributed by atoms with Crippen LogP contribution in [0.4, 0.5) is 5.69 Å². The summed E-state index contributed by atoms with van der Waals surface area (Å²) >= 11 is 5.01. The van der Waals surface area contributed by atoms with E-state index >= 15 is 0 Å². The van der Waals surface area contributed by atoms with Crippen molar-refractivity contribution in [3.63, 3.8) is 0 Å². The van der Waals surface area contributed by atoms with Crippen molar-refractivity contribution < 1.29 is 8.42 Å². The number of hydrogen-bond donors (Lipinski definition) is 0. The molecule has 0 N–H and O–H groups in total. The third kappa shape index (κ3) is 2.47.